The third kappa shape index (κ3) is 5.30. The van der Waals surface area contributed by atoms with Crippen LogP contribution in [0.5, 0.6) is 0 Å². The van der Waals surface area contributed by atoms with Crippen molar-refractivity contribution in [1.82, 2.24) is 4.90 Å². The topological polar surface area (TPSA) is 67.6 Å². The predicted molar refractivity (Wildman–Crippen MR) is 117 cm³/mol. The molecule has 1 saturated heterocycles. The number of hydrogen-bond acceptors (Lipinski definition) is 4. The predicted octanol–water partition coefficient (Wildman–Crippen LogP) is 5.10. The number of hydrogen-bond donors (Lipinski definition) is 0. The van der Waals surface area contributed by atoms with Crippen LogP contribution >= 0.6 is 0 Å². The number of furan rings is 1. The zero-order valence-corrected chi connectivity index (χ0v) is 18.6. The lowest BCUT2D eigenvalue weighted by atomic mass is 10.1. The normalized spacial score (nSPS) is 17.8. The number of sulfone groups is 1. The number of carbonyl (C=O) groups is 1. The third-order valence-electron chi connectivity index (χ3n) is 5.64. The maximum absolute atomic E-state index is 13.3. The van der Waals surface area contributed by atoms with Crippen molar-refractivity contribution in [2.24, 2.45) is 0 Å². The van der Waals surface area contributed by atoms with Gasteiger partial charge in [-0.25, -0.2) is 8.42 Å². The highest BCUT2D eigenvalue weighted by atomic mass is 32.2. The number of rotatable bonds is 5. The molecule has 0 N–H and O–H groups in total. The van der Waals surface area contributed by atoms with Crippen molar-refractivity contribution in [3.05, 3.63) is 83.1 Å². The molecule has 1 aliphatic heterocycles. The Balaban J connectivity index is 1.62. The van der Waals surface area contributed by atoms with Gasteiger partial charge in [-0.1, -0.05) is 29.8 Å². The van der Waals surface area contributed by atoms with E-state index in [0.29, 0.717) is 17.7 Å². The molecule has 0 radical (unpaired) electrons. The SMILES string of the molecule is Cc1cccc(C(=O)N(Cc2ccc(-c3cccc(C(F)(F)F)c3)o2)[C@@H]2CCS(=O)(=O)C2)c1. The molecule has 4 rings (SSSR count). The lowest BCUT2D eigenvalue weighted by molar-refractivity contribution is -0.137. The maximum Gasteiger partial charge on any atom is 0.416 e. The number of benzene rings is 2. The minimum Gasteiger partial charge on any atom is -0.459 e. The van der Waals surface area contributed by atoms with E-state index in [-0.39, 0.29) is 35.3 Å². The fourth-order valence-corrected chi connectivity index (χ4v) is 5.70. The van der Waals surface area contributed by atoms with E-state index >= 15 is 0 Å². The van der Waals surface area contributed by atoms with Crippen LogP contribution in [-0.2, 0) is 22.6 Å². The van der Waals surface area contributed by atoms with Gasteiger partial charge in [0.25, 0.3) is 5.91 Å². The van der Waals surface area contributed by atoms with E-state index in [0.717, 1.165) is 17.7 Å². The summed E-state index contributed by atoms with van der Waals surface area (Å²) in [4.78, 5) is 14.8. The average Bonchev–Trinajstić information content (AvgIpc) is 3.37. The summed E-state index contributed by atoms with van der Waals surface area (Å²) in [6, 6.07) is 14.4. The summed E-state index contributed by atoms with van der Waals surface area (Å²) in [5.41, 5.74) is 0.801. The minimum atomic E-state index is -4.48. The molecule has 0 aliphatic carbocycles. The summed E-state index contributed by atoms with van der Waals surface area (Å²) in [5, 5.41) is 0. The molecular formula is C24H22F3NO4S. The summed E-state index contributed by atoms with van der Waals surface area (Å²) in [6.45, 7) is 1.86. The quantitative estimate of drug-likeness (QED) is 0.513. The number of aryl methyl sites for hydroxylation is 1. The molecule has 174 valence electrons. The Labute approximate surface area is 189 Å². The Bertz CT molecular complexity index is 1280. The molecular weight excluding hydrogens is 455 g/mol. The van der Waals surface area contributed by atoms with Crippen LogP contribution in [0.3, 0.4) is 0 Å². The van der Waals surface area contributed by atoms with E-state index in [2.05, 4.69) is 0 Å². The summed E-state index contributed by atoms with van der Waals surface area (Å²) >= 11 is 0. The Morgan fingerprint density at radius 1 is 1.09 bits per heavy atom. The maximum atomic E-state index is 13.3. The Hall–Kier alpha value is -3.07. The molecule has 0 spiro atoms. The molecule has 33 heavy (non-hydrogen) atoms. The number of carbonyl (C=O) groups excluding carboxylic acids is 1. The first-order valence-electron chi connectivity index (χ1n) is 10.4. The second kappa shape index (κ2) is 8.70. The van der Waals surface area contributed by atoms with Crippen molar-refractivity contribution in [3.63, 3.8) is 0 Å². The van der Waals surface area contributed by atoms with Gasteiger partial charge in [0.2, 0.25) is 0 Å². The van der Waals surface area contributed by atoms with E-state index in [1.54, 1.807) is 30.3 Å². The highest BCUT2D eigenvalue weighted by Crippen LogP contribution is 2.33. The van der Waals surface area contributed by atoms with Gasteiger partial charge in [-0.2, -0.15) is 13.2 Å². The first kappa shape index (κ1) is 23.1. The lowest BCUT2D eigenvalue weighted by Crippen LogP contribution is -2.40. The Morgan fingerprint density at radius 3 is 2.52 bits per heavy atom. The molecule has 3 aromatic rings. The molecule has 1 atom stereocenters. The Kier molecular flexibility index (Phi) is 6.09. The van der Waals surface area contributed by atoms with Gasteiger partial charge in [0, 0.05) is 17.2 Å². The summed E-state index contributed by atoms with van der Waals surface area (Å²) in [7, 11) is -3.24. The van der Waals surface area contributed by atoms with Crippen molar-refractivity contribution < 1.29 is 30.8 Å². The van der Waals surface area contributed by atoms with E-state index in [1.165, 1.54) is 17.0 Å². The summed E-state index contributed by atoms with van der Waals surface area (Å²) in [6.07, 6.45) is -4.16. The van der Waals surface area contributed by atoms with Crippen LogP contribution in [0.4, 0.5) is 13.2 Å². The number of alkyl halides is 3. The highest BCUT2D eigenvalue weighted by molar-refractivity contribution is 7.91. The van der Waals surface area contributed by atoms with Crippen molar-refractivity contribution in [2.45, 2.75) is 32.1 Å². The van der Waals surface area contributed by atoms with Gasteiger partial charge in [-0.3, -0.25) is 4.79 Å². The van der Waals surface area contributed by atoms with Gasteiger partial charge >= 0.3 is 6.18 Å². The average molecular weight is 478 g/mol. The van der Waals surface area contributed by atoms with Gasteiger partial charge in [0.05, 0.1) is 23.6 Å². The zero-order chi connectivity index (χ0) is 23.8. The van der Waals surface area contributed by atoms with Crippen LogP contribution in [0.1, 0.15) is 33.7 Å². The summed E-state index contributed by atoms with van der Waals surface area (Å²) in [5.74, 6) is 0.137. The van der Waals surface area contributed by atoms with E-state index in [1.807, 2.05) is 13.0 Å². The molecule has 1 aliphatic rings. The first-order valence-corrected chi connectivity index (χ1v) is 12.2. The highest BCUT2D eigenvalue weighted by Gasteiger charge is 2.36. The van der Waals surface area contributed by atoms with E-state index in [9.17, 15) is 26.4 Å². The molecule has 1 aromatic heterocycles. The molecule has 9 heteroatoms. The number of nitrogens with zero attached hydrogens (tertiary/aromatic N) is 1. The second-order valence-electron chi connectivity index (χ2n) is 8.20. The lowest BCUT2D eigenvalue weighted by Gasteiger charge is -2.27. The molecule has 0 saturated carbocycles. The zero-order valence-electron chi connectivity index (χ0n) is 17.8. The van der Waals surface area contributed by atoms with Crippen LogP contribution in [0.2, 0.25) is 0 Å². The first-order chi connectivity index (χ1) is 15.5. The van der Waals surface area contributed by atoms with E-state index in [4.69, 9.17) is 4.42 Å². The molecule has 1 amide bonds. The van der Waals surface area contributed by atoms with Crippen LogP contribution in [0.15, 0.2) is 65.1 Å². The van der Waals surface area contributed by atoms with Gasteiger partial charge in [0.1, 0.15) is 11.5 Å². The third-order valence-corrected chi connectivity index (χ3v) is 7.39. The van der Waals surface area contributed by atoms with Crippen molar-refractivity contribution in [1.29, 1.82) is 0 Å². The molecule has 2 aromatic carbocycles. The Morgan fingerprint density at radius 2 is 1.85 bits per heavy atom. The van der Waals surface area contributed by atoms with Gasteiger partial charge in [0.15, 0.2) is 9.84 Å². The van der Waals surface area contributed by atoms with Crippen LogP contribution in [0.25, 0.3) is 11.3 Å². The molecule has 0 bridgehead atoms. The molecule has 0 unspecified atom stereocenters. The second-order valence-corrected chi connectivity index (χ2v) is 10.4. The van der Waals surface area contributed by atoms with Crippen LogP contribution in [-0.4, -0.2) is 36.8 Å². The van der Waals surface area contributed by atoms with Crippen molar-refractivity contribution in [3.8, 4) is 11.3 Å². The van der Waals surface area contributed by atoms with Gasteiger partial charge < -0.3 is 9.32 Å². The largest absolute Gasteiger partial charge is 0.459 e. The molecule has 5 nitrogen and oxygen atoms in total. The number of halogens is 3. The standard InChI is InChI=1S/C24H22F3NO4S/c1-16-4-2-6-18(12-16)23(29)28(20-10-11-33(30,31)15-20)14-21-8-9-22(32-21)17-5-3-7-19(13-17)24(25,26)27/h2-9,12-13,20H,10-11,14-15H2,1H3/t20-/m1/s1. The number of amides is 1. The van der Waals surface area contributed by atoms with Gasteiger partial charge in [-0.05, 0) is 49.7 Å². The van der Waals surface area contributed by atoms with Crippen molar-refractivity contribution >= 4 is 15.7 Å². The smallest absolute Gasteiger partial charge is 0.416 e. The monoisotopic (exact) mass is 477 g/mol. The molecule has 1 fully saturated rings. The summed E-state index contributed by atoms with van der Waals surface area (Å²) < 4.78 is 69.1. The molecule has 2 heterocycles. The minimum absolute atomic E-state index is 0.00288. The fraction of sp³-hybridized carbons (Fsp3) is 0.292. The van der Waals surface area contributed by atoms with E-state index < -0.39 is 27.6 Å². The van der Waals surface area contributed by atoms with Crippen molar-refractivity contribution in [2.75, 3.05) is 11.5 Å². The van der Waals surface area contributed by atoms with Gasteiger partial charge in [-0.15, -0.1) is 0 Å². The van der Waals surface area contributed by atoms with Crippen LogP contribution < -0.4 is 0 Å². The van der Waals surface area contributed by atoms with Crippen LogP contribution in [0, 0.1) is 6.92 Å². The fourth-order valence-electron chi connectivity index (χ4n) is 3.97.